The van der Waals surface area contributed by atoms with Crippen LogP contribution in [0.2, 0.25) is 0 Å². The Morgan fingerprint density at radius 1 is 0.917 bits per heavy atom. The van der Waals surface area contributed by atoms with Crippen LogP contribution in [0.5, 0.6) is 5.75 Å². The smallest absolute Gasteiger partial charge is 0.134 e. The van der Waals surface area contributed by atoms with E-state index in [2.05, 4.69) is 94.1 Å². The third-order valence-corrected chi connectivity index (χ3v) is 7.70. The molecule has 36 heavy (non-hydrogen) atoms. The number of aliphatic imine (C=N–C) groups is 1. The Bertz CT molecular complexity index is 1410. The van der Waals surface area contributed by atoms with E-state index < -0.39 is 0 Å². The summed E-state index contributed by atoms with van der Waals surface area (Å²) in [5.74, 6) is 1.86. The highest BCUT2D eigenvalue weighted by molar-refractivity contribution is 9.10. The fourth-order valence-corrected chi connectivity index (χ4v) is 5.75. The zero-order chi connectivity index (χ0) is 24.3. The van der Waals surface area contributed by atoms with Gasteiger partial charge in [-0.2, -0.15) is 0 Å². The molecule has 0 aromatic heterocycles. The molecule has 4 heteroatoms. The van der Waals surface area contributed by atoms with Crippen molar-refractivity contribution in [2.75, 3.05) is 5.32 Å². The standard InChI is InChI=1S/C32H27BrN2O/c33-29-19-23(13-18-31(29)36-21-22-7-2-1-3-8-22)20-34-25-16-14-24(15-17-25)32-28-11-6-10-26(28)27-9-4-5-12-30(27)35-32/h1-10,12-20,26,28,32,35H,11,21H2/t26-,28+,32+/m1/s1. The summed E-state index contributed by atoms with van der Waals surface area (Å²) in [5.41, 5.74) is 7.08. The van der Waals surface area contributed by atoms with E-state index in [9.17, 15) is 0 Å². The van der Waals surface area contributed by atoms with Crippen LogP contribution in [0.4, 0.5) is 11.4 Å². The van der Waals surface area contributed by atoms with Crippen LogP contribution in [0, 0.1) is 5.92 Å². The van der Waals surface area contributed by atoms with Crippen molar-refractivity contribution in [3.8, 4) is 5.75 Å². The van der Waals surface area contributed by atoms with Gasteiger partial charge >= 0.3 is 0 Å². The van der Waals surface area contributed by atoms with Gasteiger partial charge in [0.05, 0.1) is 16.2 Å². The Morgan fingerprint density at radius 2 is 1.72 bits per heavy atom. The molecule has 1 aliphatic heterocycles. The number of nitrogens with zero attached hydrogens (tertiary/aromatic N) is 1. The molecular weight excluding hydrogens is 508 g/mol. The molecule has 0 radical (unpaired) electrons. The Balaban J connectivity index is 1.13. The molecule has 0 unspecified atom stereocenters. The summed E-state index contributed by atoms with van der Waals surface area (Å²) in [5, 5.41) is 3.80. The lowest BCUT2D eigenvalue weighted by Gasteiger charge is -2.37. The molecule has 3 atom stereocenters. The highest BCUT2D eigenvalue weighted by atomic mass is 79.9. The number of rotatable bonds is 6. The molecule has 1 aliphatic carbocycles. The van der Waals surface area contributed by atoms with Gasteiger partial charge in [-0.3, -0.25) is 4.99 Å². The summed E-state index contributed by atoms with van der Waals surface area (Å²) in [4.78, 5) is 4.71. The van der Waals surface area contributed by atoms with E-state index in [1.807, 2.05) is 42.6 Å². The fraction of sp³-hybridized carbons (Fsp3) is 0.156. The molecule has 2 aliphatic rings. The molecule has 4 aromatic rings. The van der Waals surface area contributed by atoms with Crippen molar-refractivity contribution in [1.29, 1.82) is 0 Å². The molecule has 1 heterocycles. The second kappa shape index (κ2) is 10.2. The number of ether oxygens (including phenoxy) is 1. The molecule has 0 spiro atoms. The number of hydrogen-bond donors (Lipinski definition) is 1. The quantitative estimate of drug-likeness (QED) is 0.198. The van der Waals surface area contributed by atoms with Gasteiger partial charge in [0.25, 0.3) is 0 Å². The predicted molar refractivity (Wildman–Crippen MR) is 151 cm³/mol. The number of benzene rings is 4. The van der Waals surface area contributed by atoms with Gasteiger partial charge in [0.15, 0.2) is 0 Å². The summed E-state index contributed by atoms with van der Waals surface area (Å²) < 4.78 is 6.88. The van der Waals surface area contributed by atoms with Crippen molar-refractivity contribution in [2.45, 2.75) is 25.0 Å². The van der Waals surface area contributed by atoms with Gasteiger partial charge in [0.1, 0.15) is 12.4 Å². The number of nitrogens with one attached hydrogen (secondary N) is 1. The zero-order valence-electron chi connectivity index (χ0n) is 19.8. The first-order chi connectivity index (χ1) is 17.7. The van der Waals surface area contributed by atoms with Crippen LogP contribution in [-0.4, -0.2) is 6.21 Å². The Morgan fingerprint density at radius 3 is 2.56 bits per heavy atom. The van der Waals surface area contributed by atoms with E-state index >= 15 is 0 Å². The molecule has 0 amide bonds. The van der Waals surface area contributed by atoms with Gasteiger partial charge in [0.2, 0.25) is 0 Å². The Kier molecular flexibility index (Phi) is 6.44. The van der Waals surface area contributed by atoms with Gasteiger partial charge in [0, 0.05) is 17.8 Å². The monoisotopic (exact) mass is 534 g/mol. The van der Waals surface area contributed by atoms with Crippen LogP contribution in [0.1, 0.15) is 40.6 Å². The summed E-state index contributed by atoms with van der Waals surface area (Å²) >= 11 is 3.64. The van der Waals surface area contributed by atoms with Crippen LogP contribution in [0.3, 0.4) is 0 Å². The lowest BCUT2D eigenvalue weighted by Crippen LogP contribution is -2.28. The molecule has 0 saturated carbocycles. The average molecular weight is 535 g/mol. The average Bonchev–Trinajstić information content (AvgIpc) is 3.42. The second-order valence-corrected chi connectivity index (χ2v) is 10.2. The number of fused-ring (bicyclic) bond motifs is 3. The normalized spacial score (nSPS) is 20.1. The first-order valence-corrected chi connectivity index (χ1v) is 13.2. The van der Waals surface area contributed by atoms with Gasteiger partial charge in [-0.15, -0.1) is 0 Å². The van der Waals surface area contributed by atoms with Gasteiger partial charge in [-0.1, -0.05) is 72.8 Å². The van der Waals surface area contributed by atoms with E-state index in [0.717, 1.165) is 33.5 Å². The van der Waals surface area contributed by atoms with Gasteiger partial charge in [-0.25, -0.2) is 0 Å². The molecule has 4 aromatic carbocycles. The number of allylic oxidation sites excluding steroid dienone is 2. The number of hydrogen-bond acceptors (Lipinski definition) is 3. The first-order valence-electron chi connectivity index (χ1n) is 12.4. The first kappa shape index (κ1) is 22.8. The molecule has 1 N–H and O–H groups in total. The molecule has 0 fully saturated rings. The topological polar surface area (TPSA) is 33.6 Å². The highest BCUT2D eigenvalue weighted by Crippen LogP contribution is 2.49. The van der Waals surface area contributed by atoms with Crippen molar-refractivity contribution in [1.82, 2.24) is 0 Å². The van der Waals surface area contributed by atoms with Crippen molar-refractivity contribution < 1.29 is 4.74 Å². The van der Waals surface area contributed by atoms with E-state index in [-0.39, 0.29) is 0 Å². The van der Waals surface area contributed by atoms with Crippen LogP contribution in [0.15, 0.2) is 119 Å². The number of para-hydroxylation sites is 1. The van der Waals surface area contributed by atoms with E-state index in [0.29, 0.717) is 24.5 Å². The predicted octanol–water partition coefficient (Wildman–Crippen LogP) is 8.61. The molecule has 178 valence electrons. The number of halogens is 1. The summed E-state index contributed by atoms with van der Waals surface area (Å²) in [7, 11) is 0. The van der Waals surface area contributed by atoms with Crippen LogP contribution in [0.25, 0.3) is 0 Å². The SMILES string of the molecule is Brc1cc(C=Nc2ccc([C@@H]3Nc4ccccc4[C@H]4C=CC[C@@H]43)cc2)ccc1OCc1ccccc1. The molecular formula is C32H27BrN2O. The maximum atomic E-state index is 5.96. The van der Waals surface area contributed by atoms with Crippen molar-refractivity contribution >= 4 is 33.5 Å². The largest absolute Gasteiger partial charge is 0.488 e. The summed E-state index contributed by atoms with van der Waals surface area (Å²) in [6.07, 6.45) is 7.72. The fourth-order valence-electron chi connectivity index (χ4n) is 5.24. The maximum Gasteiger partial charge on any atom is 0.134 e. The van der Waals surface area contributed by atoms with Crippen LogP contribution >= 0.6 is 15.9 Å². The highest BCUT2D eigenvalue weighted by Gasteiger charge is 2.37. The third-order valence-electron chi connectivity index (χ3n) is 7.08. The molecule has 0 bridgehead atoms. The van der Waals surface area contributed by atoms with Crippen LogP contribution < -0.4 is 10.1 Å². The minimum Gasteiger partial charge on any atom is -0.488 e. The lowest BCUT2D eigenvalue weighted by atomic mass is 9.77. The van der Waals surface area contributed by atoms with Gasteiger partial charge < -0.3 is 10.1 Å². The zero-order valence-corrected chi connectivity index (χ0v) is 21.4. The van der Waals surface area contributed by atoms with Gasteiger partial charge in [-0.05, 0) is 86.9 Å². The number of anilines is 1. The summed E-state index contributed by atoms with van der Waals surface area (Å²) in [6.45, 7) is 0.540. The minimum absolute atomic E-state index is 0.303. The minimum atomic E-state index is 0.303. The lowest BCUT2D eigenvalue weighted by molar-refractivity contribution is 0.304. The Labute approximate surface area is 220 Å². The van der Waals surface area contributed by atoms with Crippen molar-refractivity contribution in [3.63, 3.8) is 0 Å². The van der Waals surface area contributed by atoms with E-state index in [4.69, 9.17) is 9.73 Å². The maximum absolute atomic E-state index is 5.96. The van der Waals surface area contributed by atoms with Crippen molar-refractivity contribution in [3.05, 3.63) is 136 Å². The molecule has 3 nitrogen and oxygen atoms in total. The third kappa shape index (κ3) is 4.74. The van der Waals surface area contributed by atoms with E-state index in [1.54, 1.807) is 0 Å². The second-order valence-electron chi connectivity index (χ2n) is 9.38. The molecule has 0 saturated heterocycles. The molecule has 6 rings (SSSR count). The van der Waals surface area contributed by atoms with Crippen LogP contribution in [-0.2, 0) is 6.61 Å². The Hall–Kier alpha value is -3.63. The van der Waals surface area contributed by atoms with Crippen molar-refractivity contribution in [2.24, 2.45) is 10.9 Å². The van der Waals surface area contributed by atoms with E-state index in [1.165, 1.54) is 16.8 Å². The summed E-state index contributed by atoms with van der Waals surface area (Å²) in [6, 6.07) is 33.9.